The van der Waals surface area contributed by atoms with Gasteiger partial charge in [0, 0.05) is 22.6 Å². The number of hydrogen-bond donors (Lipinski definition) is 1. The molecule has 0 unspecified atom stereocenters. The van der Waals surface area contributed by atoms with Gasteiger partial charge < -0.3 is 4.57 Å². The van der Waals surface area contributed by atoms with Crippen LogP contribution in [0.4, 0.5) is 0 Å². The number of aryl methyl sites for hydroxylation is 2. The van der Waals surface area contributed by atoms with E-state index >= 15 is 0 Å². The fourth-order valence-electron chi connectivity index (χ4n) is 4.56. The van der Waals surface area contributed by atoms with E-state index in [1.807, 2.05) is 44.2 Å². The van der Waals surface area contributed by atoms with E-state index in [1.54, 1.807) is 6.08 Å². The number of aliphatic imine (C=N–C) groups is 1. The zero-order valence-corrected chi connectivity index (χ0v) is 22.0. The first kappa shape index (κ1) is 24.0. The van der Waals surface area contributed by atoms with Crippen molar-refractivity contribution in [2.75, 3.05) is 0 Å². The lowest BCUT2D eigenvalue weighted by atomic mass is 9.98. The smallest absolute Gasteiger partial charge is 0.283 e. The Hall–Kier alpha value is -3.71. The van der Waals surface area contributed by atoms with Crippen molar-refractivity contribution in [2.24, 2.45) is 10.1 Å². The van der Waals surface area contributed by atoms with Crippen molar-refractivity contribution in [3.8, 4) is 5.69 Å². The molecule has 0 radical (unpaired) electrons. The van der Waals surface area contributed by atoms with Crippen LogP contribution in [0.1, 0.15) is 59.8 Å². The molecule has 2 aliphatic rings. The molecule has 0 saturated carbocycles. The van der Waals surface area contributed by atoms with E-state index < -0.39 is 5.91 Å². The van der Waals surface area contributed by atoms with Gasteiger partial charge in [-0.1, -0.05) is 49.7 Å². The molecule has 1 amide bonds. The largest absolute Gasteiger partial charge is 0.318 e. The average Bonchev–Trinajstić information content (AvgIpc) is 3.41. The maximum Gasteiger partial charge on any atom is 0.283 e. The highest BCUT2D eigenvalue weighted by molar-refractivity contribution is 8.27. The molecular formula is C29H29N5OS. The number of nitrogens with zero attached hydrogens (tertiary/aromatic N) is 4. The normalized spacial score (nSPS) is 17.4. The molecule has 1 atom stereocenters. The second-order valence-electron chi connectivity index (χ2n) is 9.36. The molecule has 6 nitrogen and oxygen atoms in total. The van der Waals surface area contributed by atoms with Crippen LogP contribution in [-0.2, 0) is 4.79 Å². The van der Waals surface area contributed by atoms with E-state index in [-0.39, 0.29) is 11.4 Å². The Balaban J connectivity index is 1.47. The van der Waals surface area contributed by atoms with Crippen molar-refractivity contribution in [2.45, 2.75) is 47.0 Å². The van der Waals surface area contributed by atoms with Crippen molar-refractivity contribution in [1.82, 2.24) is 9.58 Å². The molecule has 2 aromatic carbocycles. The number of carbonyl (C=O) groups excluding carboxylic acids is 1. The van der Waals surface area contributed by atoms with Crippen molar-refractivity contribution in [3.05, 3.63) is 93.8 Å². The lowest BCUT2D eigenvalue weighted by Crippen LogP contribution is -2.35. The van der Waals surface area contributed by atoms with Crippen LogP contribution in [0.15, 0.2) is 70.3 Å². The Kier molecular flexibility index (Phi) is 6.26. The van der Waals surface area contributed by atoms with Crippen LogP contribution in [0.5, 0.6) is 0 Å². The first-order chi connectivity index (χ1) is 17.3. The lowest BCUT2D eigenvalue weighted by Gasteiger charge is -2.20. The van der Waals surface area contributed by atoms with Crippen LogP contribution in [0.2, 0.25) is 0 Å². The number of amides is 1. The summed E-state index contributed by atoms with van der Waals surface area (Å²) >= 11 is 1.32. The third-order valence-corrected chi connectivity index (χ3v) is 7.78. The highest BCUT2D eigenvalue weighted by Crippen LogP contribution is 2.32. The zero-order valence-electron chi connectivity index (χ0n) is 21.2. The molecule has 0 fully saturated rings. The highest BCUT2D eigenvalue weighted by atomic mass is 32.2. The summed E-state index contributed by atoms with van der Waals surface area (Å²) in [6.07, 6.45) is 2.87. The minimum Gasteiger partial charge on any atom is -0.318 e. The summed E-state index contributed by atoms with van der Waals surface area (Å²) in [6, 6.07) is 18.7. The second-order valence-corrected chi connectivity index (χ2v) is 10.3. The third-order valence-electron chi connectivity index (χ3n) is 6.82. The van der Waals surface area contributed by atoms with E-state index in [0.717, 1.165) is 45.2 Å². The van der Waals surface area contributed by atoms with Crippen LogP contribution in [0.25, 0.3) is 11.8 Å². The Labute approximate surface area is 215 Å². The van der Waals surface area contributed by atoms with Crippen molar-refractivity contribution in [1.29, 1.82) is 5.41 Å². The number of nitrogens with one attached hydrogen (secondary N) is 1. The first-order valence-electron chi connectivity index (χ1n) is 12.1. The van der Waals surface area contributed by atoms with Gasteiger partial charge in [0.15, 0.2) is 5.84 Å². The van der Waals surface area contributed by atoms with Gasteiger partial charge in [-0.25, -0.2) is 0 Å². The van der Waals surface area contributed by atoms with Gasteiger partial charge in [-0.15, -0.1) is 0 Å². The van der Waals surface area contributed by atoms with E-state index in [0.29, 0.717) is 11.1 Å². The molecule has 36 heavy (non-hydrogen) atoms. The molecule has 0 saturated heterocycles. The van der Waals surface area contributed by atoms with E-state index in [4.69, 9.17) is 5.41 Å². The van der Waals surface area contributed by atoms with Crippen molar-refractivity contribution in [3.63, 3.8) is 0 Å². The number of benzene rings is 2. The van der Waals surface area contributed by atoms with E-state index in [9.17, 15) is 4.79 Å². The molecule has 1 aromatic heterocycles. The molecule has 5 rings (SSSR count). The van der Waals surface area contributed by atoms with Crippen LogP contribution in [-0.4, -0.2) is 31.5 Å². The van der Waals surface area contributed by atoms with Crippen molar-refractivity contribution >= 4 is 39.8 Å². The van der Waals surface area contributed by atoms with Gasteiger partial charge in [0.25, 0.3) is 5.91 Å². The lowest BCUT2D eigenvalue weighted by molar-refractivity contribution is -0.114. The quantitative estimate of drug-likeness (QED) is 0.406. The summed E-state index contributed by atoms with van der Waals surface area (Å²) in [4.78, 5) is 17.2. The number of hydrazone groups is 1. The van der Waals surface area contributed by atoms with Gasteiger partial charge in [0.1, 0.15) is 5.04 Å². The van der Waals surface area contributed by atoms with Crippen LogP contribution >= 0.6 is 11.8 Å². The monoisotopic (exact) mass is 495 g/mol. The number of fused-ring (bicyclic) bond motifs is 1. The number of thioether (sulfide) groups is 1. The maximum atomic E-state index is 13.0. The second kappa shape index (κ2) is 9.39. The molecule has 1 N–H and O–H groups in total. The molecule has 0 aliphatic carbocycles. The Morgan fingerprint density at radius 3 is 2.53 bits per heavy atom. The van der Waals surface area contributed by atoms with Gasteiger partial charge in [-0.05, 0) is 86.3 Å². The standard InChI is InChI=1S/C29H29N5OS/c1-6-18(3)21-10-12-24(13-11-21)33-19(4)15-23(20(33)5)16-25-26(30)34-29(31-27(25)35)36-28(32-34)22-9-7-8-17(2)14-22/h7-16,18,30H,6H2,1-5H3/b25-16-,30-26?/t18-/m1/s1. The Morgan fingerprint density at radius 1 is 1.08 bits per heavy atom. The molecule has 2 aliphatic heterocycles. The van der Waals surface area contributed by atoms with E-state index in [1.165, 1.54) is 22.3 Å². The minimum absolute atomic E-state index is 0.0443. The predicted octanol–water partition coefficient (Wildman–Crippen LogP) is 6.58. The fraction of sp³-hybridized carbons (Fsp3) is 0.241. The van der Waals surface area contributed by atoms with Crippen molar-refractivity contribution < 1.29 is 4.79 Å². The molecule has 0 spiro atoms. The molecule has 0 bridgehead atoms. The summed E-state index contributed by atoms with van der Waals surface area (Å²) in [7, 11) is 0. The minimum atomic E-state index is -0.415. The predicted molar refractivity (Wildman–Crippen MR) is 149 cm³/mol. The SMILES string of the molecule is CC[C@@H](C)c1ccc(-n2c(C)cc(/C=C3/C(=N)N4N=C(c5cccc(C)c5)SC4=NC3=O)c2C)cc1. The summed E-state index contributed by atoms with van der Waals surface area (Å²) in [5.74, 6) is 0.155. The fourth-order valence-corrected chi connectivity index (χ4v) is 5.45. The molecular weight excluding hydrogens is 466 g/mol. The first-order valence-corrected chi connectivity index (χ1v) is 12.9. The Morgan fingerprint density at radius 2 is 1.83 bits per heavy atom. The number of aromatic nitrogens is 1. The van der Waals surface area contributed by atoms with Gasteiger partial charge in [0.2, 0.25) is 5.17 Å². The zero-order chi connectivity index (χ0) is 25.6. The average molecular weight is 496 g/mol. The highest BCUT2D eigenvalue weighted by Gasteiger charge is 2.36. The molecule has 3 heterocycles. The summed E-state index contributed by atoms with van der Waals surface area (Å²) < 4.78 is 2.18. The Bertz CT molecular complexity index is 1480. The van der Waals surface area contributed by atoms with Gasteiger partial charge >= 0.3 is 0 Å². The summed E-state index contributed by atoms with van der Waals surface area (Å²) in [5.41, 5.74) is 7.67. The van der Waals surface area contributed by atoms with Gasteiger partial charge in [-0.2, -0.15) is 15.1 Å². The molecule has 182 valence electrons. The number of hydrogen-bond acceptors (Lipinski definition) is 4. The molecule has 7 heteroatoms. The summed E-state index contributed by atoms with van der Waals surface area (Å²) in [5, 5.41) is 16.0. The van der Waals surface area contributed by atoms with Gasteiger partial charge in [-0.3, -0.25) is 10.2 Å². The molecule has 3 aromatic rings. The summed E-state index contributed by atoms with van der Waals surface area (Å²) in [6.45, 7) is 10.6. The van der Waals surface area contributed by atoms with Gasteiger partial charge in [0.05, 0.1) is 5.57 Å². The van der Waals surface area contributed by atoms with Crippen LogP contribution in [0.3, 0.4) is 0 Å². The number of rotatable bonds is 5. The number of carbonyl (C=O) groups is 1. The third kappa shape index (κ3) is 4.24. The topological polar surface area (TPSA) is 73.8 Å². The maximum absolute atomic E-state index is 13.0. The number of amidine groups is 2. The van der Waals surface area contributed by atoms with Crippen LogP contribution < -0.4 is 0 Å². The van der Waals surface area contributed by atoms with Crippen LogP contribution in [0, 0.1) is 26.2 Å². The van der Waals surface area contributed by atoms with E-state index in [2.05, 4.69) is 59.7 Å².